The first-order chi connectivity index (χ1) is 11.3. The first-order valence-corrected chi connectivity index (χ1v) is 8.51. The third kappa shape index (κ3) is 2.64. The molecule has 5 heteroatoms. The van der Waals surface area contributed by atoms with E-state index < -0.39 is 0 Å². The Bertz CT molecular complexity index is 828. The minimum Gasteiger partial charge on any atom is -0.297 e. The van der Waals surface area contributed by atoms with E-state index in [1.165, 1.54) is 0 Å². The number of rotatable bonds is 3. The number of pyridine rings is 1. The highest BCUT2D eigenvalue weighted by Gasteiger charge is 2.22. The van der Waals surface area contributed by atoms with Gasteiger partial charge in [0.2, 0.25) is 5.91 Å². The van der Waals surface area contributed by atoms with Gasteiger partial charge in [-0.3, -0.25) is 9.69 Å². The summed E-state index contributed by atoms with van der Waals surface area (Å²) < 4.78 is 0. The number of benzene rings is 1. The van der Waals surface area contributed by atoms with Gasteiger partial charge < -0.3 is 0 Å². The number of amides is 1. The van der Waals surface area contributed by atoms with E-state index in [0.29, 0.717) is 6.42 Å². The van der Waals surface area contributed by atoms with Crippen LogP contribution in [0.4, 0.5) is 5.82 Å². The molecule has 4 nitrogen and oxygen atoms in total. The van der Waals surface area contributed by atoms with Crippen molar-refractivity contribution in [3.8, 4) is 22.4 Å². The lowest BCUT2D eigenvalue weighted by Gasteiger charge is -2.15. The molecule has 0 radical (unpaired) electrons. The van der Waals surface area contributed by atoms with Gasteiger partial charge in [-0.2, -0.15) is 0 Å². The zero-order valence-electron chi connectivity index (χ0n) is 12.5. The zero-order chi connectivity index (χ0) is 15.6. The van der Waals surface area contributed by atoms with Crippen molar-refractivity contribution >= 4 is 23.1 Å². The van der Waals surface area contributed by atoms with Crippen molar-refractivity contribution in [2.24, 2.45) is 0 Å². The molecule has 1 amide bonds. The van der Waals surface area contributed by atoms with E-state index in [0.717, 1.165) is 41.2 Å². The van der Waals surface area contributed by atoms with E-state index in [1.54, 1.807) is 16.2 Å². The molecule has 1 fully saturated rings. The summed E-state index contributed by atoms with van der Waals surface area (Å²) in [5.41, 5.74) is 6.05. The molecule has 3 aromatic rings. The Hall–Kier alpha value is -2.53. The van der Waals surface area contributed by atoms with Gasteiger partial charge in [-0.1, -0.05) is 24.3 Å². The maximum Gasteiger partial charge on any atom is 0.228 e. The maximum atomic E-state index is 11.8. The van der Waals surface area contributed by atoms with Crippen LogP contribution in [0.25, 0.3) is 22.4 Å². The number of thiazole rings is 1. The lowest BCUT2D eigenvalue weighted by molar-refractivity contribution is -0.117. The van der Waals surface area contributed by atoms with E-state index in [1.807, 2.05) is 41.4 Å². The molecule has 0 bridgehead atoms. The van der Waals surface area contributed by atoms with Crippen molar-refractivity contribution in [3.05, 3.63) is 53.5 Å². The third-order valence-corrected chi connectivity index (χ3v) is 4.63. The van der Waals surface area contributed by atoms with Gasteiger partial charge in [0, 0.05) is 35.7 Å². The standard InChI is InChI=1S/C18H15N3OS/c22-18-6-3-9-21(18)17-8-7-13(10-19-17)14-4-1-2-5-15(14)16-11-23-12-20-16/h1-2,4-5,7-8,10-12H,3,6,9H2. The quantitative estimate of drug-likeness (QED) is 0.732. The number of aromatic nitrogens is 2. The largest absolute Gasteiger partial charge is 0.297 e. The van der Waals surface area contributed by atoms with Gasteiger partial charge in [0.05, 0.1) is 11.2 Å². The number of nitrogens with zero attached hydrogens (tertiary/aromatic N) is 3. The van der Waals surface area contributed by atoms with E-state index in [-0.39, 0.29) is 5.91 Å². The fourth-order valence-electron chi connectivity index (χ4n) is 2.90. The van der Waals surface area contributed by atoms with Crippen LogP contribution in [0.3, 0.4) is 0 Å². The van der Waals surface area contributed by atoms with E-state index in [4.69, 9.17) is 0 Å². The first kappa shape index (κ1) is 14.1. The summed E-state index contributed by atoms with van der Waals surface area (Å²) in [6.07, 6.45) is 3.37. The highest BCUT2D eigenvalue weighted by molar-refractivity contribution is 7.07. The second-order valence-electron chi connectivity index (χ2n) is 5.47. The summed E-state index contributed by atoms with van der Waals surface area (Å²) in [7, 11) is 0. The monoisotopic (exact) mass is 321 g/mol. The summed E-state index contributed by atoms with van der Waals surface area (Å²) in [6, 6.07) is 12.1. The molecule has 1 aliphatic rings. The van der Waals surface area contributed by atoms with Crippen molar-refractivity contribution in [1.82, 2.24) is 9.97 Å². The molecular weight excluding hydrogens is 306 g/mol. The number of carbonyl (C=O) groups excluding carboxylic acids is 1. The zero-order valence-corrected chi connectivity index (χ0v) is 13.3. The Balaban J connectivity index is 1.71. The fourth-order valence-corrected chi connectivity index (χ4v) is 3.45. The van der Waals surface area contributed by atoms with Crippen LogP contribution >= 0.6 is 11.3 Å². The average Bonchev–Trinajstić information content (AvgIpc) is 3.27. The van der Waals surface area contributed by atoms with Crippen molar-refractivity contribution in [1.29, 1.82) is 0 Å². The third-order valence-electron chi connectivity index (χ3n) is 4.04. The van der Waals surface area contributed by atoms with Gasteiger partial charge in [-0.05, 0) is 24.1 Å². The van der Waals surface area contributed by atoms with Crippen LogP contribution in [0, 0.1) is 0 Å². The van der Waals surface area contributed by atoms with E-state index in [2.05, 4.69) is 22.1 Å². The topological polar surface area (TPSA) is 46.1 Å². The molecule has 3 heterocycles. The van der Waals surface area contributed by atoms with Gasteiger partial charge in [-0.15, -0.1) is 11.3 Å². The summed E-state index contributed by atoms with van der Waals surface area (Å²) in [5.74, 6) is 0.899. The molecule has 0 N–H and O–H groups in total. The van der Waals surface area contributed by atoms with E-state index >= 15 is 0 Å². The summed E-state index contributed by atoms with van der Waals surface area (Å²) >= 11 is 1.59. The molecule has 1 aliphatic heterocycles. The highest BCUT2D eigenvalue weighted by Crippen LogP contribution is 2.32. The predicted molar refractivity (Wildman–Crippen MR) is 92.4 cm³/mol. The number of anilines is 1. The predicted octanol–water partition coefficient (Wildman–Crippen LogP) is 4.00. The smallest absolute Gasteiger partial charge is 0.228 e. The van der Waals surface area contributed by atoms with Crippen molar-refractivity contribution in [3.63, 3.8) is 0 Å². The van der Waals surface area contributed by atoms with Crippen LogP contribution in [0.1, 0.15) is 12.8 Å². The normalized spacial score (nSPS) is 14.4. The Morgan fingerprint density at radius 1 is 1.04 bits per heavy atom. The molecule has 1 aromatic carbocycles. The molecule has 2 aromatic heterocycles. The lowest BCUT2D eigenvalue weighted by atomic mass is 9.99. The fraction of sp³-hybridized carbons (Fsp3) is 0.167. The molecule has 0 aliphatic carbocycles. The summed E-state index contributed by atoms with van der Waals surface area (Å²) in [6.45, 7) is 0.764. The minimum absolute atomic E-state index is 0.160. The van der Waals surface area contributed by atoms with Crippen molar-refractivity contribution < 1.29 is 4.79 Å². The van der Waals surface area contributed by atoms with Crippen LogP contribution in [0.15, 0.2) is 53.5 Å². The average molecular weight is 321 g/mol. The molecular formula is C18H15N3OS. The van der Waals surface area contributed by atoms with Crippen LogP contribution in [-0.4, -0.2) is 22.4 Å². The van der Waals surface area contributed by atoms with Crippen LogP contribution in [-0.2, 0) is 4.79 Å². The van der Waals surface area contributed by atoms with Crippen LogP contribution < -0.4 is 4.90 Å². The molecule has 1 saturated heterocycles. The second-order valence-corrected chi connectivity index (χ2v) is 6.19. The van der Waals surface area contributed by atoms with Crippen LogP contribution in [0.5, 0.6) is 0 Å². The minimum atomic E-state index is 0.160. The van der Waals surface area contributed by atoms with Gasteiger partial charge in [-0.25, -0.2) is 9.97 Å². The van der Waals surface area contributed by atoms with E-state index in [9.17, 15) is 4.79 Å². The summed E-state index contributed by atoms with van der Waals surface area (Å²) in [5, 5.41) is 2.05. The van der Waals surface area contributed by atoms with Crippen molar-refractivity contribution in [2.45, 2.75) is 12.8 Å². The molecule has 0 unspecified atom stereocenters. The van der Waals surface area contributed by atoms with Crippen molar-refractivity contribution in [2.75, 3.05) is 11.4 Å². The van der Waals surface area contributed by atoms with Gasteiger partial charge >= 0.3 is 0 Å². The molecule has 0 spiro atoms. The Labute approximate surface area is 138 Å². The molecule has 4 rings (SSSR count). The highest BCUT2D eigenvalue weighted by atomic mass is 32.1. The van der Waals surface area contributed by atoms with Gasteiger partial charge in [0.1, 0.15) is 5.82 Å². The Morgan fingerprint density at radius 3 is 2.57 bits per heavy atom. The number of hydrogen-bond donors (Lipinski definition) is 0. The maximum absolute atomic E-state index is 11.8. The second kappa shape index (κ2) is 5.93. The number of hydrogen-bond acceptors (Lipinski definition) is 4. The lowest BCUT2D eigenvalue weighted by Crippen LogP contribution is -2.24. The number of carbonyl (C=O) groups is 1. The van der Waals surface area contributed by atoms with Crippen LogP contribution in [0.2, 0.25) is 0 Å². The first-order valence-electron chi connectivity index (χ1n) is 7.57. The molecule has 114 valence electrons. The Kier molecular flexibility index (Phi) is 3.63. The Morgan fingerprint density at radius 2 is 1.91 bits per heavy atom. The molecule has 0 saturated carbocycles. The SMILES string of the molecule is O=C1CCCN1c1ccc(-c2ccccc2-c2cscn2)cn1. The molecule has 0 atom stereocenters. The van der Waals surface area contributed by atoms with Gasteiger partial charge in [0.25, 0.3) is 0 Å². The van der Waals surface area contributed by atoms with Gasteiger partial charge in [0.15, 0.2) is 0 Å². The summed E-state index contributed by atoms with van der Waals surface area (Å²) in [4.78, 5) is 22.5. The molecule has 23 heavy (non-hydrogen) atoms.